The Morgan fingerprint density at radius 2 is 2.19 bits per heavy atom. The zero-order valence-electron chi connectivity index (χ0n) is 12.7. The predicted molar refractivity (Wildman–Crippen MR) is 88.6 cm³/mol. The van der Waals surface area contributed by atoms with Crippen LogP contribution >= 0.6 is 11.8 Å². The topological polar surface area (TPSA) is 49.3 Å². The van der Waals surface area contributed by atoms with Crippen molar-refractivity contribution < 1.29 is 9.90 Å². The third kappa shape index (κ3) is 4.01. The van der Waals surface area contributed by atoms with E-state index in [9.17, 15) is 9.90 Å². The van der Waals surface area contributed by atoms with Crippen LogP contribution in [-0.4, -0.2) is 28.9 Å². The normalized spacial score (nSPS) is 25.1. The molecule has 1 fully saturated rings. The zero-order valence-corrected chi connectivity index (χ0v) is 13.5. The molecule has 0 heterocycles. The van der Waals surface area contributed by atoms with Crippen LogP contribution in [0, 0.1) is 5.92 Å². The highest BCUT2D eigenvalue weighted by Gasteiger charge is 2.48. The number of carboxylic acids is 1. The van der Waals surface area contributed by atoms with Gasteiger partial charge in [0.15, 0.2) is 0 Å². The number of hydrogen-bond acceptors (Lipinski definition) is 3. The van der Waals surface area contributed by atoms with Crippen LogP contribution in [0.25, 0.3) is 0 Å². The number of likely N-dealkylation sites (N-methyl/N-ethyl adjacent to an activating group) is 1. The number of thioether (sulfide) groups is 1. The van der Waals surface area contributed by atoms with Crippen LogP contribution in [0.3, 0.4) is 0 Å². The second kappa shape index (κ2) is 7.85. The molecule has 0 spiro atoms. The van der Waals surface area contributed by atoms with E-state index in [1.807, 2.05) is 24.8 Å². The molecule has 0 amide bonds. The molecular weight excluding hydrogens is 282 g/mol. The van der Waals surface area contributed by atoms with Crippen molar-refractivity contribution in [3.05, 3.63) is 35.9 Å². The van der Waals surface area contributed by atoms with E-state index in [-0.39, 0.29) is 5.92 Å². The van der Waals surface area contributed by atoms with E-state index in [1.165, 1.54) is 5.56 Å². The highest BCUT2D eigenvalue weighted by molar-refractivity contribution is 7.98. The van der Waals surface area contributed by atoms with Crippen LogP contribution in [-0.2, 0) is 10.5 Å². The molecule has 116 valence electrons. The number of nitrogens with one attached hydrogen (secondary N) is 1. The lowest BCUT2D eigenvalue weighted by atomic mass is 9.85. The second-order valence-corrected chi connectivity index (χ2v) is 6.83. The molecule has 1 saturated carbocycles. The van der Waals surface area contributed by atoms with Gasteiger partial charge in [-0.1, -0.05) is 43.7 Å². The van der Waals surface area contributed by atoms with Crippen LogP contribution in [0.1, 0.15) is 38.2 Å². The van der Waals surface area contributed by atoms with Crippen LogP contribution in [0.5, 0.6) is 0 Å². The summed E-state index contributed by atoms with van der Waals surface area (Å²) in [5.41, 5.74) is 0.660. The van der Waals surface area contributed by atoms with E-state index in [2.05, 4.69) is 29.6 Å². The minimum Gasteiger partial charge on any atom is -0.480 e. The van der Waals surface area contributed by atoms with Crippen molar-refractivity contribution in [2.75, 3.05) is 12.3 Å². The van der Waals surface area contributed by atoms with Gasteiger partial charge >= 0.3 is 5.97 Å². The summed E-state index contributed by atoms with van der Waals surface area (Å²) in [6.45, 7) is 2.71. The molecule has 0 radical (unpaired) electrons. The number of aliphatic carboxylic acids is 1. The maximum absolute atomic E-state index is 11.7. The number of carboxylic acid groups (broad SMARTS) is 1. The first-order valence-electron chi connectivity index (χ1n) is 7.79. The number of benzene rings is 1. The lowest BCUT2D eigenvalue weighted by Crippen LogP contribution is -2.54. The van der Waals surface area contributed by atoms with Gasteiger partial charge in [0.2, 0.25) is 0 Å². The first kappa shape index (κ1) is 16.4. The quantitative estimate of drug-likeness (QED) is 0.721. The fraction of sp³-hybridized carbons (Fsp3) is 0.588. The summed E-state index contributed by atoms with van der Waals surface area (Å²) in [6, 6.07) is 10.4. The molecule has 0 aliphatic heterocycles. The zero-order chi connectivity index (χ0) is 15.1. The van der Waals surface area contributed by atoms with Crippen LogP contribution in [0.15, 0.2) is 30.3 Å². The lowest BCUT2D eigenvalue weighted by Gasteiger charge is -2.32. The lowest BCUT2D eigenvalue weighted by molar-refractivity contribution is -0.146. The summed E-state index contributed by atoms with van der Waals surface area (Å²) in [5.74, 6) is 1.63. The molecule has 2 rings (SSSR count). The Bertz CT molecular complexity index is 451. The number of carbonyl (C=O) groups is 1. The SMILES string of the molecule is CCNC1(C(=O)O)CCCC1CCSCc1ccccc1. The molecule has 1 aromatic carbocycles. The van der Waals surface area contributed by atoms with Crippen LogP contribution < -0.4 is 5.32 Å². The summed E-state index contributed by atoms with van der Waals surface area (Å²) in [5, 5.41) is 12.9. The largest absolute Gasteiger partial charge is 0.480 e. The van der Waals surface area contributed by atoms with E-state index >= 15 is 0 Å². The number of rotatable bonds is 8. The molecule has 0 saturated heterocycles. The third-order valence-electron chi connectivity index (χ3n) is 4.42. The van der Waals surface area contributed by atoms with E-state index in [1.54, 1.807) is 0 Å². The smallest absolute Gasteiger partial charge is 0.324 e. The summed E-state index contributed by atoms with van der Waals surface area (Å²) < 4.78 is 0. The van der Waals surface area contributed by atoms with E-state index in [4.69, 9.17) is 0 Å². The Kier molecular flexibility index (Phi) is 6.12. The molecule has 1 aromatic rings. The van der Waals surface area contributed by atoms with Gasteiger partial charge in [-0.25, -0.2) is 0 Å². The van der Waals surface area contributed by atoms with Crippen molar-refractivity contribution in [2.24, 2.45) is 5.92 Å². The molecule has 4 heteroatoms. The maximum atomic E-state index is 11.7. The summed E-state index contributed by atoms with van der Waals surface area (Å²) in [7, 11) is 0. The first-order valence-corrected chi connectivity index (χ1v) is 8.94. The average Bonchev–Trinajstić information content (AvgIpc) is 2.89. The monoisotopic (exact) mass is 307 g/mol. The predicted octanol–water partition coefficient (Wildman–Crippen LogP) is 3.54. The first-order chi connectivity index (χ1) is 10.2. The minimum absolute atomic E-state index is 0.262. The molecule has 2 N–H and O–H groups in total. The molecule has 0 aromatic heterocycles. The molecule has 3 nitrogen and oxygen atoms in total. The van der Waals surface area contributed by atoms with Crippen molar-refractivity contribution in [3.63, 3.8) is 0 Å². The van der Waals surface area contributed by atoms with E-state index in [0.717, 1.165) is 43.7 Å². The Morgan fingerprint density at radius 3 is 2.86 bits per heavy atom. The van der Waals surface area contributed by atoms with Gasteiger partial charge in [-0.15, -0.1) is 0 Å². The molecular formula is C17H25NO2S. The van der Waals surface area contributed by atoms with Gasteiger partial charge in [-0.05, 0) is 43.0 Å². The van der Waals surface area contributed by atoms with Crippen LogP contribution in [0.4, 0.5) is 0 Å². The van der Waals surface area contributed by atoms with E-state index in [0.29, 0.717) is 0 Å². The van der Waals surface area contributed by atoms with Gasteiger partial charge in [0.25, 0.3) is 0 Å². The van der Waals surface area contributed by atoms with Gasteiger partial charge in [-0.2, -0.15) is 11.8 Å². The van der Waals surface area contributed by atoms with Gasteiger partial charge < -0.3 is 10.4 Å². The van der Waals surface area contributed by atoms with Crippen molar-refractivity contribution in [3.8, 4) is 0 Å². The van der Waals surface area contributed by atoms with Crippen LogP contribution in [0.2, 0.25) is 0 Å². The van der Waals surface area contributed by atoms with Crippen molar-refractivity contribution in [2.45, 2.75) is 43.9 Å². The summed E-state index contributed by atoms with van der Waals surface area (Å²) in [4.78, 5) is 11.7. The molecule has 2 unspecified atom stereocenters. The Labute approximate surface area is 131 Å². The van der Waals surface area contributed by atoms with Crippen molar-refractivity contribution >= 4 is 17.7 Å². The van der Waals surface area contributed by atoms with Gasteiger partial charge in [0.1, 0.15) is 5.54 Å². The van der Waals surface area contributed by atoms with Gasteiger partial charge in [0, 0.05) is 5.75 Å². The molecule has 0 bridgehead atoms. The summed E-state index contributed by atoms with van der Waals surface area (Å²) >= 11 is 1.90. The Balaban J connectivity index is 1.82. The maximum Gasteiger partial charge on any atom is 0.324 e. The highest BCUT2D eigenvalue weighted by atomic mass is 32.2. The second-order valence-electron chi connectivity index (χ2n) is 5.72. The number of hydrogen-bond donors (Lipinski definition) is 2. The minimum atomic E-state index is -0.679. The van der Waals surface area contributed by atoms with Crippen molar-refractivity contribution in [1.82, 2.24) is 5.32 Å². The van der Waals surface area contributed by atoms with Crippen molar-refractivity contribution in [1.29, 1.82) is 0 Å². The van der Waals surface area contributed by atoms with Gasteiger partial charge in [0.05, 0.1) is 0 Å². The van der Waals surface area contributed by atoms with Gasteiger partial charge in [-0.3, -0.25) is 4.79 Å². The molecule has 2 atom stereocenters. The standard InChI is InChI=1S/C17H25NO2S/c1-2-18-17(16(19)20)11-6-9-15(17)10-12-21-13-14-7-4-3-5-8-14/h3-5,7-8,15,18H,2,6,9-13H2,1H3,(H,19,20). The average molecular weight is 307 g/mol. The summed E-state index contributed by atoms with van der Waals surface area (Å²) in [6.07, 6.45) is 3.81. The Morgan fingerprint density at radius 1 is 1.43 bits per heavy atom. The molecule has 1 aliphatic rings. The fourth-order valence-corrected chi connectivity index (χ4v) is 4.39. The fourth-order valence-electron chi connectivity index (χ4n) is 3.36. The molecule has 21 heavy (non-hydrogen) atoms. The Hall–Kier alpha value is -1.00. The third-order valence-corrected chi connectivity index (χ3v) is 5.48. The van der Waals surface area contributed by atoms with E-state index < -0.39 is 11.5 Å². The highest BCUT2D eigenvalue weighted by Crippen LogP contribution is 2.39. The molecule has 1 aliphatic carbocycles.